The first-order chi connectivity index (χ1) is 8.84. The molecule has 0 rings (SSSR count). The van der Waals surface area contributed by atoms with Crippen LogP contribution in [-0.4, -0.2) is 23.9 Å². The molecule has 0 saturated carbocycles. The molecule has 0 amide bonds. The van der Waals surface area contributed by atoms with E-state index < -0.39 is 0 Å². The van der Waals surface area contributed by atoms with Gasteiger partial charge in [0.05, 0.1) is 0 Å². The smallest absolute Gasteiger partial charge is 0.155 e. The monoisotopic (exact) mass is 271 g/mol. The first-order valence-corrected chi connectivity index (χ1v) is 6.77. The van der Waals surface area contributed by atoms with E-state index in [2.05, 4.69) is 0 Å². The Balaban J connectivity index is -0.000000249. The van der Waals surface area contributed by atoms with Crippen LogP contribution in [0.5, 0.6) is 0 Å². The standard InChI is InChI=1S/C8H12O2.C5H11NO.C2H6/c1-3-4-8(10)6-5-7(2)9;1-4(3-6)5(2)7;1-2/h5-6H,3-4H2,1-2H3;4H,3,6H2,1-2H3;1-2H3/b6-5-;;. The summed E-state index contributed by atoms with van der Waals surface area (Å²) in [6, 6.07) is 0. The summed E-state index contributed by atoms with van der Waals surface area (Å²) in [7, 11) is 0. The number of allylic oxidation sites excluding steroid dienone is 2. The molecule has 4 heteroatoms. The van der Waals surface area contributed by atoms with Crippen LogP contribution in [0, 0.1) is 5.92 Å². The third-order valence-electron chi connectivity index (χ3n) is 2.05. The lowest BCUT2D eigenvalue weighted by atomic mass is 10.1. The zero-order chi connectivity index (χ0) is 15.8. The second kappa shape index (κ2) is 16.7. The minimum atomic E-state index is -0.0792. The van der Waals surface area contributed by atoms with Crippen LogP contribution >= 0.6 is 0 Å². The summed E-state index contributed by atoms with van der Waals surface area (Å²) >= 11 is 0. The highest BCUT2D eigenvalue weighted by Gasteiger charge is 2.01. The van der Waals surface area contributed by atoms with Gasteiger partial charge in [-0.25, -0.2) is 0 Å². The van der Waals surface area contributed by atoms with Gasteiger partial charge in [-0.2, -0.15) is 0 Å². The van der Waals surface area contributed by atoms with E-state index in [1.165, 1.54) is 19.1 Å². The van der Waals surface area contributed by atoms with Gasteiger partial charge in [-0.1, -0.05) is 27.7 Å². The molecule has 0 aromatic carbocycles. The Kier molecular flexibility index (Phi) is 20.1. The summed E-state index contributed by atoms with van der Waals surface area (Å²) in [4.78, 5) is 31.3. The fourth-order valence-corrected chi connectivity index (χ4v) is 0.706. The molecule has 0 fully saturated rings. The maximum Gasteiger partial charge on any atom is 0.155 e. The highest BCUT2D eigenvalue weighted by atomic mass is 16.1. The lowest BCUT2D eigenvalue weighted by molar-refractivity contribution is -0.120. The Morgan fingerprint density at radius 3 is 1.79 bits per heavy atom. The van der Waals surface area contributed by atoms with Gasteiger partial charge in [-0.3, -0.25) is 14.4 Å². The van der Waals surface area contributed by atoms with Crippen molar-refractivity contribution in [3.8, 4) is 0 Å². The normalized spacial score (nSPS) is 10.7. The van der Waals surface area contributed by atoms with Gasteiger partial charge in [0.2, 0.25) is 0 Å². The van der Waals surface area contributed by atoms with Crippen LogP contribution in [0.3, 0.4) is 0 Å². The van der Waals surface area contributed by atoms with Crippen molar-refractivity contribution in [3.05, 3.63) is 12.2 Å². The fraction of sp³-hybridized carbons (Fsp3) is 0.667. The van der Waals surface area contributed by atoms with Crippen molar-refractivity contribution in [1.29, 1.82) is 0 Å². The zero-order valence-corrected chi connectivity index (χ0v) is 13.2. The SMILES string of the molecule is CC.CC(=O)C(C)CN.CCCC(=O)/C=C\C(C)=O. The number of hydrogen-bond acceptors (Lipinski definition) is 4. The highest BCUT2D eigenvalue weighted by molar-refractivity contribution is 5.97. The van der Waals surface area contributed by atoms with Crippen molar-refractivity contribution < 1.29 is 14.4 Å². The van der Waals surface area contributed by atoms with E-state index in [1.54, 1.807) is 6.92 Å². The maximum absolute atomic E-state index is 10.7. The number of rotatable bonds is 6. The van der Waals surface area contributed by atoms with Crippen LogP contribution in [0.25, 0.3) is 0 Å². The van der Waals surface area contributed by atoms with E-state index in [9.17, 15) is 14.4 Å². The molecule has 0 bridgehead atoms. The zero-order valence-electron chi connectivity index (χ0n) is 13.2. The summed E-state index contributed by atoms with van der Waals surface area (Å²) in [6.45, 7) is 11.2. The molecule has 0 heterocycles. The molecule has 112 valence electrons. The van der Waals surface area contributed by atoms with Gasteiger partial charge in [-0.05, 0) is 32.4 Å². The third kappa shape index (κ3) is 22.4. The van der Waals surface area contributed by atoms with Crippen molar-refractivity contribution >= 4 is 17.3 Å². The summed E-state index contributed by atoms with van der Waals surface area (Å²) in [5.74, 6) is 0.157. The predicted molar refractivity (Wildman–Crippen MR) is 80.0 cm³/mol. The highest BCUT2D eigenvalue weighted by Crippen LogP contribution is 1.90. The van der Waals surface area contributed by atoms with E-state index in [0.717, 1.165) is 6.42 Å². The summed E-state index contributed by atoms with van der Waals surface area (Å²) in [5.41, 5.74) is 5.15. The fourth-order valence-electron chi connectivity index (χ4n) is 0.706. The summed E-state index contributed by atoms with van der Waals surface area (Å²) in [5, 5.41) is 0. The molecule has 0 spiro atoms. The van der Waals surface area contributed by atoms with Crippen molar-refractivity contribution in [2.75, 3.05) is 6.54 Å². The molecule has 1 atom stereocenters. The number of carbonyl (C=O) groups excluding carboxylic acids is 3. The molecule has 0 saturated heterocycles. The van der Waals surface area contributed by atoms with Crippen LogP contribution < -0.4 is 5.73 Å². The largest absolute Gasteiger partial charge is 0.330 e. The van der Waals surface area contributed by atoms with Crippen LogP contribution in [0.4, 0.5) is 0 Å². The van der Waals surface area contributed by atoms with E-state index in [0.29, 0.717) is 13.0 Å². The third-order valence-corrected chi connectivity index (χ3v) is 2.05. The van der Waals surface area contributed by atoms with Crippen molar-refractivity contribution in [3.63, 3.8) is 0 Å². The van der Waals surface area contributed by atoms with E-state index in [1.807, 2.05) is 27.7 Å². The second-order valence-electron chi connectivity index (χ2n) is 3.91. The minimum Gasteiger partial charge on any atom is -0.330 e. The Bertz CT molecular complexity index is 283. The molecule has 4 nitrogen and oxygen atoms in total. The lowest BCUT2D eigenvalue weighted by Gasteiger charge is -1.98. The van der Waals surface area contributed by atoms with Gasteiger partial charge in [0.15, 0.2) is 11.6 Å². The number of Topliss-reactive ketones (excluding diaryl/α,β-unsaturated/α-hetero) is 1. The van der Waals surface area contributed by atoms with Crippen molar-refractivity contribution in [2.45, 2.75) is 54.4 Å². The number of hydrogen-bond donors (Lipinski definition) is 1. The van der Waals surface area contributed by atoms with Gasteiger partial charge >= 0.3 is 0 Å². The molecule has 2 N–H and O–H groups in total. The average Bonchev–Trinajstić information content (AvgIpc) is 2.38. The van der Waals surface area contributed by atoms with E-state index >= 15 is 0 Å². The molecular formula is C15H29NO3. The van der Waals surface area contributed by atoms with Crippen LogP contribution in [0.2, 0.25) is 0 Å². The van der Waals surface area contributed by atoms with Crippen LogP contribution in [0.1, 0.15) is 54.4 Å². The molecule has 0 radical (unpaired) electrons. The van der Waals surface area contributed by atoms with Gasteiger partial charge in [0.1, 0.15) is 5.78 Å². The Morgan fingerprint density at radius 2 is 1.58 bits per heavy atom. The van der Waals surface area contributed by atoms with Gasteiger partial charge in [0.25, 0.3) is 0 Å². The molecule has 1 unspecified atom stereocenters. The Hall–Kier alpha value is -1.29. The van der Waals surface area contributed by atoms with Gasteiger partial charge in [-0.15, -0.1) is 0 Å². The van der Waals surface area contributed by atoms with Gasteiger partial charge in [0, 0.05) is 18.9 Å². The quantitative estimate of drug-likeness (QED) is 0.753. The van der Waals surface area contributed by atoms with Crippen LogP contribution in [-0.2, 0) is 14.4 Å². The number of carbonyl (C=O) groups is 3. The summed E-state index contributed by atoms with van der Waals surface area (Å²) in [6.07, 6.45) is 4.01. The molecule has 0 aliphatic rings. The number of ketones is 3. The predicted octanol–water partition coefficient (Wildman–Crippen LogP) is 2.70. The first kappa shape index (κ1) is 22.9. The lowest BCUT2D eigenvalue weighted by Crippen LogP contribution is -2.17. The first-order valence-electron chi connectivity index (χ1n) is 6.77. The van der Waals surface area contributed by atoms with Crippen molar-refractivity contribution in [1.82, 2.24) is 0 Å². The van der Waals surface area contributed by atoms with E-state index in [-0.39, 0.29) is 23.3 Å². The number of nitrogens with two attached hydrogens (primary N) is 1. The van der Waals surface area contributed by atoms with Crippen molar-refractivity contribution in [2.24, 2.45) is 11.7 Å². The Labute approximate surface area is 117 Å². The summed E-state index contributed by atoms with van der Waals surface area (Å²) < 4.78 is 0. The second-order valence-corrected chi connectivity index (χ2v) is 3.91. The average molecular weight is 271 g/mol. The molecule has 0 aromatic heterocycles. The topological polar surface area (TPSA) is 77.2 Å². The van der Waals surface area contributed by atoms with Crippen LogP contribution in [0.15, 0.2) is 12.2 Å². The maximum atomic E-state index is 10.7. The minimum absolute atomic E-state index is 0.0256. The van der Waals surface area contributed by atoms with Gasteiger partial charge < -0.3 is 5.73 Å². The van der Waals surface area contributed by atoms with E-state index in [4.69, 9.17) is 5.73 Å². The Morgan fingerprint density at radius 1 is 1.11 bits per heavy atom. The molecule has 0 aliphatic carbocycles. The molecule has 19 heavy (non-hydrogen) atoms. The molecule has 0 aromatic rings. The molecule has 0 aliphatic heterocycles. The molecular weight excluding hydrogens is 242 g/mol.